The van der Waals surface area contributed by atoms with Crippen LogP contribution in [-0.2, 0) is 9.59 Å². The molecule has 0 heterocycles. The molecule has 1 amide bonds. The van der Waals surface area contributed by atoms with E-state index in [9.17, 15) is 9.59 Å². The summed E-state index contributed by atoms with van der Waals surface area (Å²) in [4.78, 5) is 22.7. The Morgan fingerprint density at radius 2 is 1.75 bits per heavy atom. The number of hydrogen-bond acceptors (Lipinski definition) is 3. The van der Waals surface area contributed by atoms with Crippen molar-refractivity contribution in [3.8, 4) is 0 Å². The van der Waals surface area contributed by atoms with E-state index in [1.54, 1.807) is 34.6 Å². The monoisotopic (exact) mass is 230 g/mol. The van der Waals surface area contributed by atoms with Crippen molar-refractivity contribution in [2.24, 2.45) is 11.1 Å². The summed E-state index contributed by atoms with van der Waals surface area (Å²) in [5, 5.41) is 11.8. The first kappa shape index (κ1) is 14.9. The Kier molecular flexibility index (Phi) is 4.49. The van der Waals surface area contributed by atoms with Gasteiger partial charge < -0.3 is 16.2 Å². The molecular weight excluding hydrogens is 208 g/mol. The van der Waals surface area contributed by atoms with Gasteiger partial charge in [-0.3, -0.25) is 9.59 Å². The Morgan fingerprint density at radius 3 is 2.06 bits per heavy atom. The van der Waals surface area contributed by atoms with Crippen LogP contribution in [0.1, 0.15) is 41.0 Å². The number of aliphatic carboxylic acids is 1. The Hall–Kier alpha value is -1.10. The Balaban J connectivity index is 4.82. The van der Waals surface area contributed by atoms with E-state index in [4.69, 9.17) is 10.8 Å². The average Bonchev–Trinajstić information content (AvgIpc) is 2.15. The highest BCUT2D eigenvalue weighted by Crippen LogP contribution is 2.30. The lowest BCUT2D eigenvalue weighted by molar-refractivity contribution is -0.151. The Morgan fingerprint density at radius 1 is 1.31 bits per heavy atom. The molecule has 0 fully saturated rings. The third-order valence-electron chi connectivity index (χ3n) is 3.31. The molecule has 0 aliphatic rings. The topological polar surface area (TPSA) is 92.4 Å². The lowest BCUT2D eigenvalue weighted by Crippen LogP contribution is -2.59. The van der Waals surface area contributed by atoms with E-state index in [1.165, 1.54) is 0 Å². The molecule has 0 aliphatic carbocycles. The zero-order valence-corrected chi connectivity index (χ0v) is 10.6. The molecule has 0 bridgehead atoms. The minimum absolute atomic E-state index is 0.318. The van der Waals surface area contributed by atoms with Crippen molar-refractivity contribution in [2.45, 2.75) is 52.6 Å². The minimum atomic E-state index is -1.06. The van der Waals surface area contributed by atoms with Crippen LogP contribution < -0.4 is 11.1 Å². The summed E-state index contributed by atoms with van der Waals surface area (Å²) in [5.41, 5.74) is 3.67. The van der Waals surface area contributed by atoms with Crippen molar-refractivity contribution in [3.05, 3.63) is 0 Å². The summed E-state index contributed by atoms with van der Waals surface area (Å²) in [6, 6.07) is -0.594. The van der Waals surface area contributed by atoms with Gasteiger partial charge in [-0.1, -0.05) is 6.92 Å². The van der Waals surface area contributed by atoms with E-state index in [0.29, 0.717) is 6.42 Å². The molecule has 4 N–H and O–H groups in total. The van der Waals surface area contributed by atoms with E-state index in [1.807, 2.05) is 0 Å². The van der Waals surface area contributed by atoms with Crippen LogP contribution in [0.25, 0.3) is 0 Å². The zero-order chi connectivity index (χ0) is 13.1. The number of carbonyl (C=O) groups excluding carboxylic acids is 1. The van der Waals surface area contributed by atoms with Crippen LogP contribution in [0.5, 0.6) is 0 Å². The van der Waals surface area contributed by atoms with Crippen molar-refractivity contribution < 1.29 is 14.7 Å². The molecule has 0 unspecified atom stereocenters. The van der Waals surface area contributed by atoms with Crippen molar-refractivity contribution in [1.82, 2.24) is 5.32 Å². The highest BCUT2D eigenvalue weighted by atomic mass is 16.4. The minimum Gasteiger partial charge on any atom is -0.481 e. The van der Waals surface area contributed by atoms with Crippen molar-refractivity contribution >= 4 is 11.9 Å². The lowest BCUT2D eigenvalue weighted by atomic mass is 9.74. The molecule has 94 valence electrons. The molecule has 0 saturated carbocycles. The van der Waals surface area contributed by atoms with E-state index in [0.717, 1.165) is 0 Å². The smallest absolute Gasteiger partial charge is 0.311 e. The fraction of sp³-hybridized carbons (Fsp3) is 0.818. The fourth-order valence-corrected chi connectivity index (χ4v) is 1.01. The van der Waals surface area contributed by atoms with Crippen LogP contribution in [0.2, 0.25) is 0 Å². The molecule has 1 atom stereocenters. The third-order valence-corrected chi connectivity index (χ3v) is 3.31. The summed E-state index contributed by atoms with van der Waals surface area (Å²) < 4.78 is 0. The normalized spacial score (nSPS) is 14.4. The lowest BCUT2D eigenvalue weighted by Gasteiger charge is -2.39. The number of carbonyl (C=O) groups is 2. The SMILES string of the molecule is CC[C@@H](N)C(=O)NC(C)(C)C(C)(C)C(=O)O. The van der Waals surface area contributed by atoms with Crippen LogP contribution in [0, 0.1) is 5.41 Å². The van der Waals surface area contributed by atoms with E-state index in [2.05, 4.69) is 5.32 Å². The second-order valence-corrected chi connectivity index (χ2v) is 5.06. The summed E-state index contributed by atoms with van der Waals surface area (Å²) in [7, 11) is 0. The molecule has 0 radical (unpaired) electrons. The Bertz CT molecular complexity index is 285. The number of carboxylic acid groups (broad SMARTS) is 1. The molecular formula is C11H22N2O3. The van der Waals surface area contributed by atoms with Gasteiger partial charge in [-0.15, -0.1) is 0 Å². The van der Waals surface area contributed by atoms with Gasteiger partial charge in [0.2, 0.25) is 5.91 Å². The van der Waals surface area contributed by atoms with Gasteiger partial charge in [0, 0.05) is 0 Å². The quantitative estimate of drug-likeness (QED) is 0.649. The largest absolute Gasteiger partial charge is 0.481 e. The molecule has 0 aromatic carbocycles. The van der Waals surface area contributed by atoms with Gasteiger partial charge in [0.1, 0.15) is 0 Å². The molecule has 0 saturated heterocycles. The second-order valence-electron chi connectivity index (χ2n) is 5.06. The molecule has 5 nitrogen and oxygen atoms in total. The maximum atomic E-state index is 11.6. The van der Waals surface area contributed by atoms with Gasteiger partial charge in [0.25, 0.3) is 0 Å². The summed E-state index contributed by atoms with van der Waals surface area (Å²) in [6.45, 7) is 8.32. The van der Waals surface area contributed by atoms with Crippen LogP contribution >= 0.6 is 0 Å². The zero-order valence-electron chi connectivity index (χ0n) is 10.6. The van der Waals surface area contributed by atoms with Crippen molar-refractivity contribution in [2.75, 3.05) is 0 Å². The number of rotatable bonds is 5. The fourth-order valence-electron chi connectivity index (χ4n) is 1.01. The summed E-state index contributed by atoms with van der Waals surface area (Å²) >= 11 is 0. The highest BCUT2D eigenvalue weighted by Gasteiger charge is 2.44. The molecule has 0 spiro atoms. The Labute approximate surface area is 96.4 Å². The molecule has 0 aliphatic heterocycles. The third kappa shape index (κ3) is 2.95. The molecule has 5 heteroatoms. The maximum Gasteiger partial charge on any atom is 0.311 e. The average molecular weight is 230 g/mol. The molecule has 0 rings (SSSR count). The first-order chi connectivity index (χ1) is 7.06. The summed E-state index contributed by atoms with van der Waals surface area (Å²) in [5.74, 6) is -1.27. The van der Waals surface area contributed by atoms with Gasteiger partial charge in [0.05, 0.1) is 17.0 Å². The first-order valence-electron chi connectivity index (χ1n) is 5.37. The predicted molar refractivity (Wildman–Crippen MR) is 61.9 cm³/mol. The molecule has 0 aromatic heterocycles. The number of carboxylic acids is 1. The number of amides is 1. The predicted octanol–water partition coefficient (Wildman–Crippen LogP) is 0.729. The van der Waals surface area contributed by atoms with E-state index in [-0.39, 0.29) is 5.91 Å². The van der Waals surface area contributed by atoms with E-state index >= 15 is 0 Å². The number of hydrogen-bond donors (Lipinski definition) is 3. The second kappa shape index (κ2) is 4.82. The van der Waals surface area contributed by atoms with Crippen LogP contribution in [0.15, 0.2) is 0 Å². The maximum absolute atomic E-state index is 11.6. The number of nitrogens with one attached hydrogen (secondary N) is 1. The first-order valence-corrected chi connectivity index (χ1v) is 5.37. The molecule has 16 heavy (non-hydrogen) atoms. The molecule has 0 aromatic rings. The van der Waals surface area contributed by atoms with Gasteiger partial charge in [-0.25, -0.2) is 0 Å². The van der Waals surface area contributed by atoms with Crippen LogP contribution in [-0.4, -0.2) is 28.6 Å². The van der Waals surface area contributed by atoms with Gasteiger partial charge >= 0.3 is 5.97 Å². The van der Waals surface area contributed by atoms with E-state index < -0.39 is 23.0 Å². The van der Waals surface area contributed by atoms with Crippen LogP contribution in [0.4, 0.5) is 0 Å². The van der Waals surface area contributed by atoms with Gasteiger partial charge in [-0.05, 0) is 34.1 Å². The standard InChI is InChI=1S/C11H22N2O3/c1-6-7(12)8(14)13-11(4,5)10(2,3)9(15)16/h7H,6,12H2,1-5H3,(H,13,14)(H,15,16)/t7-/m1/s1. The summed E-state index contributed by atoms with van der Waals surface area (Å²) in [6.07, 6.45) is 0.523. The van der Waals surface area contributed by atoms with Gasteiger partial charge in [0.15, 0.2) is 0 Å². The van der Waals surface area contributed by atoms with Crippen molar-refractivity contribution in [3.63, 3.8) is 0 Å². The van der Waals surface area contributed by atoms with Gasteiger partial charge in [-0.2, -0.15) is 0 Å². The number of nitrogens with two attached hydrogens (primary N) is 1. The highest BCUT2D eigenvalue weighted by molar-refractivity contribution is 5.84. The van der Waals surface area contributed by atoms with Crippen molar-refractivity contribution in [1.29, 1.82) is 0 Å². The van der Waals surface area contributed by atoms with Crippen LogP contribution in [0.3, 0.4) is 0 Å².